The van der Waals surface area contributed by atoms with E-state index in [-0.39, 0.29) is 6.10 Å². The minimum atomic E-state index is -0.128. The van der Waals surface area contributed by atoms with Crippen molar-refractivity contribution in [2.24, 2.45) is 11.8 Å². The van der Waals surface area contributed by atoms with Gasteiger partial charge in [-0.15, -0.1) is 0 Å². The van der Waals surface area contributed by atoms with Crippen LogP contribution in [0.25, 0.3) is 0 Å². The summed E-state index contributed by atoms with van der Waals surface area (Å²) in [6.07, 6.45) is 11.4. The summed E-state index contributed by atoms with van der Waals surface area (Å²) in [4.78, 5) is 0. The molecule has 3 unspecified atom stereocenters. The number of allylic oxidation sites excluding steroid dienone is 2. The van der Waals surface area contributed by atoms with Gasteiger partial charge in [0.15, 0.2) is 0 Å². The number of rotatable bonds is 4. The first-order valence-corrected chi connectivity index (χ1v) is 7.92. The van der Waals surface area contributed by atoms with Gasteiger partial charge in [0.2, 0.25) is 0 Å². The van der Waals surface area contributed by atoms with E-state index in [9.17, 15) is 5.11 Å². The lowest BCUT2D eigenvalue weighted by atomic mass is 9.78. The van der Waals surface area contributed by atoms with E-state index >= 15 is 0 Å². The summed E-state index contributed by atoms with van der Waals surface area (Å²) in [5, 5.41) is 16.6. The largest absolute Gasteiger partial charge is 0.400 e. The van der Waals surface area contributed by atoms with Crippen molar-refractivity contribution in [3.05, 3.63) is 24.3 Å². The third-order valence-corrected chi connectivity index (χ3v) is 3.67. The lowest BCUT2D eigenvalue weighted by molar-refractivity contribution is 0.0656. The Hall–Kier alpha value is -0.600. The molecule has 1 fully saturated rings. The molecule has 0 aromatic carbocycles. The predicted octanol–water partition coefficient (Wildman–Crippen LogP) is 4.72. The van der Waals surface area contributed by atoms with Crippen molar-refractivity contribution >= 4 is 0 Å². The van der Waals surface area contributed by atoms with Gasteiger partial charge >= 0.3 is 0 Å². The topological polar surface area (TPSA) is 40.5 Å². The molecule has 1 aliphatic rings. The van der Waals surface area contributed by atoms with Gasteiger partial charge in [-0.2, -0.15) is 0 Å². The van der Waals surface area contributed by atoms with Crippen LogP contribution in [0.2, 0.25) is 0 Å². The SMILES string of the molecule is C=C(C)C1CCC(C)CC1O.CC=CCCCC.CO. The van der Waals surface area contributed by atoms with Gasteiger partial charge in [0.05, 0.1) is 6.10 Å². The molecule has 0 aliphatic heterocycles. The van der Waals surface area contributed by atoms with Crippen molar-refractivity contribution in [3.8, 4) is 0 Å². The first kappa shape index (κ1) is 21.7. The summed E-state index contributed by atoms with van der Waals surface area (Å²) in [7, 11) is 1.00. The van der Waals surface area contributed by atoms with Gasteiger partial charge in [0, 0.05) is 13.0 Å². The van der Waals surface area contributed by atoms with Crippen LogP contribution in [0.3, 0.4) is 0 Å². The number of unbranched alkanes of at least 4 members (excludes halogenated alkanes) is 2. The van der Waals surface area contributed by atoms with Gasteiger partial charge in [0.1, 0.15) is 0 Å². The fourth-order valence-corrected chi connectivity index (χ4v) is 2.41. The van der Waals surface area contributed by atoms with Gasteiger partial charge in [-0.1, -0.05) is 51.0 Å². The van der Waals surface area contributed by atoms with E-state index < -0.39 is 0 Å². The number of hydrogen-bond donors (Lipinski definition) is 2. The summed E-state index contributed by atoms with van der Waals surface area (Å²) >= 11 is 0. The first-order chi connectivity index (χ1) is 9.52. The van der Waals surface area contributed by atoms with Crippen LogP contribution in [0.4, 0.5) is 0 Å². The minimum Gasteiger partial charge on any atom is -0.400 e. The lowest BCUT2D eigenvalue weighted by Crippen LogP contribution is -2.28. The second-order valence-corrected chi connectivity index (χ2v) is 5.65. The Morgan fingerprint density at radius 2 is 1.90 bits per heavy atom. The number of hydrogen-bond acceptors (Lipinski definition) is 2. The molecule has 1 aliphatic carbocycles. The fourth-order valence-electron chi connectivity index (χ4n) is 2.41. The van der Waals surface area contributed by atoms with Crippen LogP contribution < -0.4 is 0 Å². The van der Waals surface area contributed by atoms with Gasteiger partial charge in [0.25, 0.3) is 0 Å². The smallest absolute Gasteiger partial charge is 0.0607 e. The number of aliphatic hydroxyl groups excluding tert-OH is 2. The normalized spacial score (nSPS) is 25.2. The molecule has 1 rings (SSSR count). The summed E-state index contributed by atoms with van der Waals surface area (Å²) < 4.78 is 0. The molecule has 0 saturated heterocycles. The first-order valence-electron chi connectivity index (χ1n) is 7.92. The third-order valence-electron chi connectivity index (χ3n) is 3.67. The Labute approximate surface area is 126 Å². The van der Waals surface area contributed by atoms with Gasteiger partial charge in [-0.05, 0) is 45.4 Å². The Morgan fingerprint density at radius 1 is 1.30 bits per heavy atom. The van der Waals surface area contributed by atoms with Crippen LogP contribution in [-0.4, -0.2) is 23.4 Å². The molecule has 3 atom stereocenters. The molecule has 0 amide bonds. The highest BCUT2D eigenvalue weighted by atomic mass is 16.3. The molecule has 0 radical (unpaired) electrons. The van der Waals surface area contributed by atoms with Crippen molar-refractivity contribution in [3.63, 3.8) is 0 Å². The second kappa shape index (κ2) is 14.8. The van der Waals surface area contributed by atoms with Crippen molar-refractivity contribution < 1.29 is 10.2 Å². The highest BCUT2D eigenvalue weighted by molar-refractivity contribution is 5.01. The van der Waals surface area contributed by atoms with Gasteiger partial charge in [-0.25, -0.2) is 0 Å². The molecule has 20 heavy (non-hydrogen) atoms. The van der Waals surface area contributed by atoms with E-state index in [1.54, 1.807) is 0 Å². The van der Waals surface area contributed by atoms with Crippen molar-refractivity contribution in [1.82, 2.24) is 0 Å². The van der Waals surface area contributed by atoms with Crippen molar-refractivity contribution in [2.45, 2.75) is 72.3 Å². The predicted molar refractivity (Wildman–Crippen MR) is 89.8 cm³/mol. The van der Waals surface area contributed by atoms with Crippen LogP contribution in [0.15, 0.2) is 24.3 Å². The average molecular weight is 284 g/mol. The van der Waals surface area contributed by atoms with Crippen LogP contribution in [0, 0.1) is 11.8 Å². The molecule has 0 spiro atoms. The molecule has 120 valence electrons. The Morgan fingerprint density at radius 3 is 2.30 bits per heavy atom. The van der Waals surface area contributed by atoms with Crippen LogP contribution in [0.5, 0.6) is 0 Å². The molecule has 0 aromatic heterocycles. The van der Waals surface area contributed by atoms with Crippen LogP contribution >= 0.6 is 0 Å². The van der Waals surface area contributed by atoms with Gasteiger partial charge in [-0.3, -0.25) is 0 Å². The molecule has 2 heteroatoms. The van der Waals surface area contributed by atoms with E-state index in [0.29, 0.717) is 11.8 Å². The molecule has 0 heterocycles. The Bertz CT molecular complexity index is 246. The summed E-state index contributed by atoms with van der Waals surface area (Å²) in [5.74, 6) is 1.06. The zero-order valence-corrected chi connectivity index (χ0v) is 14.2. The summed E-state index contributed by atoms with van der Waals surface area (Å²) in [5.41, 5.74) is 1.14. The molecular weight excluding hydrogens is 248 g/mol. The minimum absolute atomic E-state index is 0.128. The molecule has 2 nitrogen and oxygen atoms in total. The molecule has 1 saturated carbocycles. The Kier molecular flexibility index (Phi) is 16.1. The maximum absolute atomic E-state index is 9.65. The lowest BCUT2D eigenvalue weighted by Gasteiger charge is -2.31. The van der Waals surface area contributed by atoms with Crippen molar-refractivity contribution in [2.75, 3.05) is 7.11 Å². The highest BCUT2D eigenvalue weighted by Crippen LogP contribution is 2.32. The molecule has 0 bridgehead atoms. The van der Waals surface area contributed by atoms with Crippen LogP contribution in [0.1, 0.15) is 66.2 Å². The van der Waals surface area contributed by atoms with E-state index in [1.807, 2.05) is 6.92 Å². The van der Waals surface area contributed by atoms with E-state index in [4.69, 9.17) is 5.11 Å². The second-order valence-electron chi connectivity index (χ2n) is 5.65. The average Bonchev–Trinajstić information content (AvgIpc) is 2.42. The molecule has 0 aromatic rings. The van der Waals surface area contributed by atoms with Gasteiger partial charge < -0.3 is 10.2 Å². The standard InChI is InChI=1S/C10H18O.C7H14.CH4O/c1-7(2)9-5-4-8(3)6-10(9)11;1-3-5-7-6-4-2;1-2/h8-11H,1,4-6H2,2-3H3;3,5H,4,6-7H2,1-2H3;2H,1H3. The van der Waals surface area contributed by atoms with E-state index in [0.717, 1.165) is 25.5 Å². The zero-order chi connectivity index (χ0) is 16.0. The third kappa shape index (κ3) is 11.2. The molecule has 2 N–H and O–H groups in total. The maximum Gasteiger partial charge on any atom is 0.0607 e. The van der Waals surface area contributed by atoms with E-state index in [1.165, 1.54) is 25.7 Å². The highest BCUT2D eigenvalue weighted by Gasteiger charge is 2.26. The monoisotopic (exact) mass is 284 g/mol. The summed E-state index contributed by atoms with van der Waals surface area (Å²) in [6, 6.07) is 0. The van der Waals surface area contributed by atoms with Crippen molar-refractivity contribution in [1.29, 1.82) is 0 Å². The molecular formula is C18H36O2. The fraction of sp³-hybridized carbons (Fsp3) is 0.778. The zero-order valence-electron chi connectivity index (χ0n) is 14.2. The number of aliphatic hydroxyl groups is 2. The van der Waals surface area contributed by atoms with E-state index in [2.05, 4.69) is 39.5 Å². The maximum atomic E-state index is 9.65. The Balaban J connectivity index is 0. The quantitative estimate of drug-likeness (QED) is 0.579. The van der Waals surface area contributed by atoms with Crippen LogP contribution in [-0.2, 0) is 0 Å². The summed E-state index contributed by atoms with van der Waals surface area (Å²) in [6.45, 7) is 12.4.